The molecule has 5 rings (SSSR count). The summed E-state index contributed by atoms with van der Waals surface area (Å²) in [6.45, 7) is 12.4. The average Bonchev–Trinajstić information content (AvgIpc) is 3.53. The molecule has 0 aliphatic carbocycles. The third-order valence-electron chi connectivity index (χ3n) is 6.83. The van der Waals surface area contributed by atoms with Crippen LogP contribution in [0.4, 0.5) is 11.4 Å². The van der Waals surface area contributed by atoms with E-state index in [-0.39, 0.29) is 0 Å². The second kappa shape index (κ2) is 9.03. The summed E-state index contributed by atoms with van der Waals surface area (Å²) in [4.78, 5) is 5.19. The van der Waals surface area contributed by atoms with Gasteiger partial charge in [-0.05, 0) is 56.7 Å². The van der Waals surface area contributed by atoms with E-state index in [9.17, 15) is 0 Å². The molecule has 4 fully saturated rings. The van der Waals surface area contributed by atoms with E-state index in [2.05, 4.69) is 35.8 Å². The standard InChI is InChI=1S/C24H36N2O4/c1-17-3-4-23(25(9-5-19-13-27-19)10-6-20-14-28-20)24(18(17)2)26(11-7-21-15-29-21)12-8-22-16-30-22/h3-4,19-22H,5-16H2,1-2H3. The summed E-state index contributed by atoms with van der Waals surface area (Å²) in [5, 5.41) is 0. The molecule has 30 heavy (non-hydrogen) atoms. The van der Waals surface area contributed by atoms with E-state index in [4.69, 9.17) is 18.9 Å². The molecule has 0 spiro atoms. The second-order valence-electron chi connectivity index (χ2n) is 9.33. The highest BCUT2D eigenvalue weighted by Gasteiger charge is 2.30. The van der Waals surface area contributed by atoms with E-state index in [1.807, 2.05) is 0 Å². The van der Waals surface area contributed by atoms with Crippen LogP contribution in [0.25, 0.3) is 0 Å². The summed E-state index contributed by atoms with van der Waals surface area (Å²) in [6, 6.07) is 4.63. The van der Waals surface area contributed by atoms with Gasteiger partial charge in [-0.25, -0.2) is 0 Å². The lowest BCUT2D eigenvalue weighted by Crippen LogP contribution is -2.33. The fraction of sp³-hybridized carbons (Fsp3) is 0.750. The summed E-state index contributed by atoms with van der Waals surface area (Å²) in [6.07, 6.45) is 6.22. The lowest BCUT2D eigenvalue weighted by atomic mass is 10.0. The summed E-state index contributed by atoms with van der Waals surface area (Å²) in [5.74, 6) is 0. The molecule has 0 amide bonds. The molecule has 4 atom stereocenters. The van der Waals surface area contributed by atoms with Gasteiger partial charge in [-0.1, -0.05) is 6.07 Å². The van der Waals surface area contributed by atoms with Crippen molar-refractivity contribution in [2.24, 2.45) is 0 Å². The van der Waals surface area contributed by atoms with Gasteiger partial charge < -0.3 is 28.7 Å². The molecule has 0 radical (unpaired) electrons. The number of hydrogen-bond donors (Lipinski definition) is 0. The molecule has 166 valence electrons. The van der Waals surface area contributed by atoms with Crippen LogP contribution in [-0.4, -0.2) is 77.0 Å². The van der Waals surface area contributed by atoms with E-state index in [0.29, 0.717) is 24.4 Å². The summed E-state index contributed by atoms with van der Waals surface area (Å²) in [5.41, 5.74) is 5.54. The molecule has 6 heteroatoms. The van der Waals surface area contributed by atoms with Crippen molar-refractivity contribution in [3.05, 3.63) is 23.3 Å². The van der Waals surface area contributed by atoms with Crippen LogP contribution in [0.2, 0.25) is 0 Å². The minimum Gasteiger partial charge on any atom is -0.373 e. The Morgan fingerprint density at radius 2 is 1.07 bits per heavy atom. The van der Waals surface area contributed by atoms with Crippen LogP contribution >= 0.6 is 0 Å². The zero-order valence-electron chi connectivity index (χ0n) is 18.5. The van der Waals surface area contributed by atoms with Gasteiger partial charge in [0.15, 0.2) is 0 Å². The lowest BCUT2D eigenvalue weighted by Gasteiger charge is -2.34. The van der Waals surface area contributed by atoms with Crippen LogP contribution in [0, 0.1) is 13.8 Å². The Labute approximate surface area is 180 Å². The highest BCUT2D eigenvalue weighted by Crippen LogP contribution is 2.37. The van der Waals surface area contributed by atoms with Gasteiger partial charge in [-0.15, -0.1) is 0 Å². The molecular weight excluding hydrogens is 380 g/mol. The maximum absolute atomic E-state index is 5.52. The van der Waals surface area contributed by atoms with Gasteiger partial charge in [0.05, 0.1) is 62.2 Å². The third kappa shape index (κ3) is 5.67. The van der Waals surface area contributed by atoms with Crippen molar-refractivity contribution in [3.63, 3.8) is 0 Å². The molecule has 4 saturated heterocycles. The van der Waals surface area contributed by atoms with Crippen molar-refractivity contribution in [3.8, 4) is 0 Å². The van der Waals surface area contributed by atoms with E-state index >= 15 is 0 Å². The van der Waals surface area contributed by atoms with E-state index < -0.39 is 0 Å². The molecule has 4 aliphatic heterocycles. The van der Waals surface area contributed by atoms with Crippen molar-refractivity contribution in [1.29, 1.82) is 0 Å². The molecule has 0 aromatic heterocycles. The monoisotopic (exact) mass is 416 g/mol. The van der Waals surface area contributed by atoms with Gasteiger partial charge in [0.2, 0.25) is 0 Å². The van der Waals surface area contributed by atoms with Gasteiger partial charge in [0.25, 0.3) is 0 Å². The topological polar surface area (TPSA) is 56.6 Å². The largest absolute Gasteiger partial charge is 0.373 e. The number of nitrogens with zero attached hydrogens (tertiary/aromatic N) is 2. The summed E-state index contributed by atoms with van der Waals surface area (Å²) >= 11 is 0. The van der Waals surface area contributed by atoms with Crippen molar-refractivity contribution in [2.45, 2.75) is 63.9 Å². The first-order valence-electron chi connectivity index (χ1n) is 11.7. The Kier molecular flexibility index (Phi) is 6.19. The van der Waals surface area contributed by atoms with Gasteiger partial charge in [0, 0.05) is 26.2 Å². The second-order valence-corrected chi connectivity index (χ2v) is 9.33. The fourth-order valence-electron chi connectivity index (χ4n) is 4.27. The summed E-state index contributed by atoms with van der Waals surface area (Å²) in [7, 11) is 0. The number of benzene rings is 1. The van der Waals surface area contributed by atoms with E-state index in [1.54, 1.807) is 0 Å². The molecule has 1 aromatic rings. The van der Waals surface area contributed by atoms with E-state index in [1.165, 1.54) is 22.5 Å². The molecule has 0 bridgehead atoms. The molecule has 6 nitrogen and oxygen atoms in total. The SMILES string of the molecule is Cc1ccc(N(CCC2CO2)CCC2CO2)c(N(CCC2CO2)CCC2CO2)c1C. The van der Waals surface area contributed by atoms with Crippen LogP contribution in [-0.2, 0) is 18.9 Å². The van der Waals surface area contributed by atoms with Crippen LogP contribution < -0.4 is 9.80 Å². The number of epoxide rings is 4. The Balaban J connectivity index is 1.39. The van der Waals surface area contributed by atoms with Crippen LogP contribution in [0.15, 0.2) is 12.1 Å². The first-order chi connectivity index (χ1) is 14.7. The lowest BCUT2D eigenvalue weighted by molar-refractivity contribution is 0.386. The Morgan fingerprint density at radius 3 is 1.47 bits per heavy atom. The van der Waals surface area contributed by atoms with Gasteiger partial charge in [0.1, 0.15) is 0 Å². The highest BCUT2D eigenvalue weighted by atomic mass is 16.6. The average molecular weight is 417 g/mol. The predicted octanol–water partition coefficient (Wildman–Crippen LogP) is 3.07. The molecule has 0 saturated carbocycles. The summed E-state index contributed by atoms with van der Waals surface area (Å²) < 4.78 is 22.1. The molecular formula is C24H36N2O4. The Morgan fingerprint density at radius 1 is 0.667 bits per heavy atom. The van der Waals surface area contributed by atoms with Crippen molar-refractivity contribution in [1.82, 2.24) is 0 Å². The van der Waals surface area contributed by atoms with Gasteiger partial charge >= 0.3 is 0 Å². The third-order valence-corrected chi connectivity index (χ3v) is 6.83. The number of ether oxygens (including phenoxy) is 4. The minimum atomic E-state index is 0.452. The number of aryl methyl sites for hydroxylation is 1. The Hall–Kier alpha value is -1.34. The first-order valence-corrected chi connectivity index (χ1v) is 11.7. The maximum Gasteiger partial charge on any atom is 0.0826 e. The molecule has 4 aliphatic rings. The highest BCUT2D eigenvalue weighted by molar-refractivity contribution is 5.76. The number of rotatable bonds is 14. The van der Waals surface area contributed by atoms with Crippen LogP contribution in [0.1, 0.15) is 36.8 Å². The predicted molar refractivity (Wildman–Crippen MR) is 118 cm³/mol. The smallest absolute Gasteiger partial charge is 0.0826 e. The Bertz CT molecular complexity index is 694. The molecule has 1 aromatic carbocycles. The van der Waals surface area contributed by atoms with Crippen molar-refractivity contribution >= 4 is 11.4 Å². The van der Waals surface area contributed by atoms with Crippen molar-refractivity contribution in [2.75, 3.05) is 62.4 Å². The van der Waals surface area contributed by atoms with Crippen molar-refractivity contribution < 1.29 is 18.9 Å². The van der Waals surface area contributed by atoms with Crippen LogP contribution in [0.3, 0.4) is 0 Å². The number of anilines is 2. The zero-order chi connectivity index (χ0) is 20.5. The molecule has 4 unspecified atom stereocenters. The fourth-order valence-corrected chi connectivity index (χ4v) is 4.27. The maximum atomic E-state index is 5.52. The van der Waals surface area contributed by atoms with Gasteiger partial charge in [-0.3, -0.25) is 0 Å². The van der Waals surface area contributed by atoms with Gasteiger partial charge in [-0.2, -0.15) is 0 Å². The van der Waals surface area contributed by atoms with E-state index in [0.717, 1.165) is 78.3 Å². The molecule has 0 N–H and O–H groups in total. The molecule has 4 heterocycles. The normalized spacial score (nSPS) is 28.3. The first kappa shape index (κ1) is 20.6. The quantitative estimate of drug-likeness (QED) is 0.435. The zero-order valence-corrected chi connectivity index (χ0v) is 18.5. The van der Waals surface area contributed by atoms with Crippen LogP contribution in [0.5, 0.6) is 0 Å². The number of hydrogen-bond acceptors (Lipinski definition) is 6. The minimum absolute atomic E-state index is 0.452.